The van der Waals surface area contributed by atoms with Gasteiger partial charge in [-0.15, -0.1) is 5.53 Å². The molecule has 0 bridgehead atoms. The second kappa shape index (κ2) is 10.4. The molecule has 2 aliphatic heterocycles. The molecule has 168 valence electrons. The number of alkyl halides is 3. The third-order valence-corrected chi connectivity index (χ3v) is 4.73. The molecular weight excluding hydrogens is 413 g/mol. The summed E-state index contributed by atoms with van der Waals surface area (Å²) in [6.07, 6.45) is -0.123. The highest BCUT2D eigenvalue weighted by Crippen LogP contribution is 2.21. The molecule has 3 N–H and O–H groups in total. The number of hydrogen-bond donors (Lipinski definition) is 3. The number of amides is 1. The molecule has 1 aromatic carbocycles. The van der Waals surface area contributed by atoms with Gasteiger partial charge in [0.1, 0.15) is 0 Å². The highest BCUT2D eigenvalue weighted by Gasteiger charge is 2.29. The summed E-state index contributed by atoms with van der Waals surface area (Å²) in [5, 5.41) is 4.13. The van der Waals surface area contributed by atoms with Crippen molar-refractivity contribution in [2.24, 2.45) is 0 Å². The van der Waals surface area contributed by atoms with Gasteiger partial charge < -0.3 is 20.2 Å². The zero-order valence-electron chi connectivity index (χ0n) is 17.1. The number of hydrogen-bond acceptors (Lipinski definition) is 6. The van der Waals surface area contributed by atoms with E-state index < -0.39 is 18.9 Å². The van der Waals surface area contributed by atoms with Crippen LogP contribution in [0.2, 0.25) is 0 Å². The van der Waals surface area contributed by atoms with E-state index in [1.54, 1.807) is 0 Å². The van der Waals surface area contributed by atoms with Crippen LogP contribution in [-0.4, -0.2) is 49.7 Å². The molecule has 1 aromatic rings. The van der Waals surface area contributed by atoms with Gasteiger partial charge in [-0.3, -0.25) is 5.01 Å². The number of nitrogens with one attached hydrogen (secondary N) is 3. The van der Waals surface area contributed by atoms with E-state index in [9.17, 15) is 18.0 Å². The number of nitrogens with zero attached hydrogens (tertiary/aromatic N) is 1. The first-order chi connectivity index (χ1) is 14.8. The number of carbonyl (C=O) groups is 1. The van der Waals surface area contributed by atoms with E-state index in [2.05, 4.69) is 32.9 Å². The first-order valence-corrected chi connectivity index (χ1v) is 9.99. The molecule has 1 unspecified atom stereocenters. The Kier molecular flexibility index (Phi) is 7.65. The van der Waals surface area contributed by atoms with Gasteiger partial charge in [0.2, 0.25) is 0 Å². The van der Waals surface area contributed by atoms with Gasteiger partial charge in [-0.1, -0.05) is 17.9 Å². The summed E-state index contributed by atoms with van der Waals surface area (Å²) in [4.78, 5) is 11.2. The lowest BCUT2D eigenvalue weighted by molar-refractivity contribution is -0.160. The van der Waals surface area contributed by atoms with E-state index in [1.807, 2.05) is 36.3 Å². The van der Waals surface area contributed by atoms with Gasteiger partial charge in [-0.05, 0) is 43.9 Å². The van der Waals surface area contributed by atoms with Gasteiger partial charge >= 0.3 is 12.3 Å². The lowest BCUT2D eigenvalue weighted by Crippen LogP contribution is -2.42. The topological polar surface area (TPSA) is 74.9 Å². The molecule has 1 atom stereocenters. The van der Waals surface area contributed by atoms with Crippen molar-refractivity contribution < 1.29 is 27.4 Å². The van der Waals surface area contributed by atoms with Crippen molar-refractivity contribution in [3.63, 3.8) is 0 Å². The molecule has 0 saturated carbocycles. The average Bonchev–Trinajstić information content (AvgIpc) is 3.18. The molecule has 1 fully saturated rings. The zero-order chi connectivity index (χ0) is 22.3. The number of halogens is 3. The van der Waals surface area contributed by atoms with E-state index in [1.165, 1.54) is 6.42 Å². The standard InChI is InChI=1S/C21H25F3N4O3/c1-15-11-16(5-4-9-25-20(29)31-14-21(22,23)24)7-8-18(15)19-13-28(27-26-19)12-17-6-2-3-10-30-17/h7-8,11,13,17,26-27H,2-3,6,9-10,12,14H2,1H3,(H,25,29). The molecule has 3 rings (SSSR count). The first-order valence-electron chi connectivity index (χ1n) is 9.99. The van der Waals surface area contributed by atoms with Gasteiger partial charge in [0.15, 0.2) is 6.61 Å². The highest BCUT2D eigenvalue weighted by molar-refractivity contribution is 5.68. The van der Waals surface area contributed by atoms with Crippen LogP contribution in [0, 0.1) is 18.8 Å². The molecule has 31 heavy (non-hydrogen) atoms. The second-order valence-electron chi connectivity index (χ2n) is 7.30. The molecule has 0 spiro atoms. The number of ether oxygens (including phenoxy) is 2. The fraction of sp³-hybridized carbons (Fsp3) is 0.476. The van der Waals surface area contributed by atoms with Crippen LogP contribution in [0.5, 0.6) is 0 Å². The Morgan fingerprint density at radius 3 is 2.94 bits per heavy atom. The summed E-state index contributed by atoms with van der Waals surface area (Å²) >= 11 is 0. The summed E-state index contributed by atoms with van der Waals surface area (Å²) in [6, 6.07) is 5.68. The van der Waals surface area contributed by atoms with Crippen LogP contribution in [0.25, 0.3) is 5.70 Å². The molecule has 0 aliphatic carbocycles. The summed E-state index contributed by atoms with van der Waals surface area (Å²) in [7, 11) is 0. The maximum absolute atomic E-state index is 12.0. The zero-order valence-corrected chi connectivity index (χ0v) is 17.1. The number of aryl methyl sites for hydroxylation is 1. The Labute approximate surface area is 178 Å². The molecular formula is C21H25F3N4O3. The minimum absolute atomic E-state index is 0.119. The smallest absolute Gasteiger partial charge is 0.422 e. The molecule has 7 nitrogen and oxygen atoms in total. The predicted molar refractivity (Wildman–Crippen MR) is 108 cm³/mol. The largest absolute Gasteiger partial charge is 0.440 e. The van der Waals surface area contributed by atoms with Gasteiger partial charge in [0.05, 0.1) is 24.9 Å². The molecule has 10 heteroatoms. The van der Waals surface area contributed by atoms with Crippen LogP contribution in [0.1, 0.15) is 36.0 Å². The van der Waals surface area contributed by atoms with Crippen molar-refractivity contribution in [2.45, 2.75) is 38.5 Å². The third-order valence-electron chi connectivity index (χ3n) is 4.73. The van der Waals surface area contributed by atoms with Crippen LogP contribution >= 0.6 is 0 Å². The minimum atomic E-state index is -4.55. The van der Waals surface area contributed by atoms with Crippen LogP contribution in [0.4, 0.5) is 18.0 Å². The highest BCUT2D eigenvalue weighted by atomic mass is 19.4. The summed E-state index contributed by atoms with van der Waals surface area (Å²) in [5.41, 5.74) is 9.96. The molecule has 1 amide bonds. The monoisotopic (exact) mass is 438 g/mol. The summed E-state index contributed by atoms with van der Waals surface area (Å²) in [6.45, 7) is 1.79. The SMILES string of the molecule is Cc1cc(C#CCNC(=O)OCC(F)(F)F)ccc1C1=CN(CC2CCCCO2)NN1. The van der Waals surface area contributed by atoms with Crippen LogP contribution in [-0.2, 0) is 9.47 Å². The normalized spacial score (nSPS) is 18.5. The van der Waals surface area contributed by atoms with Gasteiger partial charge in [-0.2, -0.15) is 13.2 Å². The van der Waals surface area contributed by atoms with E-state index in [0.717, 1.165) is 48.4 Å². The van der Waals surface area contributed by atoms with E-state index in [4.69, 9.17) is 4.74 Å². The van der Waals surface area contributed by atoms with E-state index in [0.29, 0.717) is 0 Å². The number of benzene rings is 1. The second-order valence-corrected chi connectivity index (χ2v) is 7.30. The molecule has 1 saturated heterocycles. The van der Waals surface area contributed by atoms with E-state index in [-0.39, 0.29) is 12.6 Å². The number of rotatable bonds is 5. The Balaban J connectivity index is 1.50. The van der Waals surface area contributed by atoms with Gasteiger partial charge in [0.25, 0.3) is 0 Å². The lowest BCUT2D eigenvalue weighted by Gasteiger charge is -2.26. The number of hydrazine groups is 2. The van der Waals surface area contributed by atoms with Gasteiger partial charge in [0, 0.05) is 23.9 Å². The lowest BCUT2D eigenvalue weighted by atomic mass is 10.0. The Hall–Kier alpha value is -2.90. The van der Waals surface area contributed by atoms with Crippen molar-refractivity contribution in [1.29, 1.82) is 0 Å². The Morgan fingerprint density at radius 1 is 1.39 bits per heavy atom. The maximum Gasteiger partial charge on any atom is 0.422 e. The summed E-state index contributed by atoms with van der Waals surface area (Å²) < 4.78 is 45.8. The fourth-order valence-corrected chi connectivity index (χ4v) is 3.26. The maximum atomic E-state index is 12.0. The number of alkyl carbamates (subject to hydrolysis) is 1. The fourth-order valence-electron chi connectivity index (χ4n) is 3.26. The van der Waals surface area contributed by atoms with E-state index >= 15 is 0 Å². The van der Waals surface area contributed by atoms with Gasteiger partial charge in [-0.25, -0.2) is 4.79 Å². The Morgan fingerprint density at radius 2 is 2.23 bits per heavy atom. The average molecular weight is 438 g/mol. The quantitative estimate of drug-likeness (QED) is 0.614. The molecule has 0 radical (unpaired) electrons. The van der Waals surface area contributed by atoms with Crippen LogP contribution < -0.4 is 16.3 Å². The van der Waals surface area contributed by atoms with Crippen molar-refractivity contribution in [1.82, 2.24) is 21.3 Å². The molecule has 2 heterocycles. The van der Waals surface area contributed by atoms with Crippen LogP contribution in [0.15, 0.2) is 24.4 Å². The van der Waals surface area contributed by atoms with Crippen LogP contribution in [0.3, 0.4) is 0 Å². The number of carbonyl (C=O) groups excluding carboxylic acids is 1. The van der Waals surface area contributed by atoms with Crippen molar-refractivity contribution >= 4 is 11.8 Å². The first kappa shape index (κ1) is 22.8. The summed E-state index contributed by atoms with van der Waals surface area (Å²) in [5.74, 6) is 5.56. The molecule has 2 aliphatic rings. The minimum Gasteiger partial charge on any atom is -0.440 e. The molecule has 0 aromatic heterocycles. The predicted octanol–water partition coefficient (Wildman–Crippen LogP) is 2.83. The third kappa shape index (κ3) is 7.38. The van der Waals surface area contributed by atoms with Crippen molar-refractivity contribution in [3.8, 4) is 11.8 Å². The van der Waals surface area contributed by atoms with Crippen molar-refractivity contribution in [3.05, 3.63) is 41.1 Å². The Bertz CT molecular complexity index is 871. The van der Waals surface area contributed by atoms with Crippen molar-refractivity contribution in [2.75, 3.05) is 26.3 Å².